The molecular weight excluding hydrogens is 360 g/mol. The molecule has 1 aromatic carbocycles. The summed E-state index contributed by atoms with van der Waals surface area (Å²) in [6.07, 6.45) is 1.70. The summed E-state index contributed by atoms with van der Waals surface area (Å²) in [6.45, 7) is 2.96. The molecule has 2 aromatic rings. The number of carbonyl (C=O) groups is 1. The third-order valence-electron chi connectivity index (χ3n) is 4.02. The van der Waals surface area contributed by atoms with Crippen LogP contribution < -0.4 is 10.2 Å². The number of nitro benzene ring substituents is 1. The number of hydrogen-bond donors (Lipinski definition) is 1. The number of amides is 1. The number of nitrogens with zero attached hydrogens (tertiary/aromatic N) is 3. The summed E-state index contributed by atoms with van der Waals surface area (Å²) >= 11 is 6.01. The number of rotatable bonds is 5. The minimum atomic E-state index is -0.565. The van der Waals surface area contributed by atoms with Gasteiger partial charge in [0.15, 0.2) is 0 Å². The van der Waals surface area contributed by atoms with Gasteiger partial charge in [-0.05, 0) is 12.1 Å². The van der Waals surface area contributed by atoms with E-state index >= 15 is 0 Å². The maximum atomic E-state index is 12.4. The Balaban J connectivity index is 1.74. The number of ether oxygens (including phenoxy) is 1. The van der Waals surface area contributed by atoms with Crippen molar-refractivity contribution in [3.05, 3.63) is 62.8 Å². The first kappa shape index (κ1) is 18.1. The van der Waals surface area contributed by atoms with E-state index in [2.05, 4.69) is 15.2 Å². The number of nitro groups is 1. The van der Waals surface area contributed by atoms with E-state index in [9.17, 15) is 14.9 Å². The zero-order valence-corrected chi connectivity index (χ0v) is 14.6. The van der Waals surface area contributed by atoms with Crippen LogP contribution in [-0.4, -0.2) is 42.1 Å². The number of carbonyl (C=O) groups excluding carboxylic acids is 1. The maximum absolute atomic E-state index is 12.4. The summed E-state index contributed by atoms with van der Waals surface area (Å²) in [7, 11) is 0. The highest BCUT2D eigenvalue weighted by Gasteiger charge is 2.18. The predicted molar refractivity (Wildman–Crippen MR) is 96.5 cm³/mol. The second-order valence-electron chi connectivity index (χ2n) is 5.69. The summed E-state index contributed by atoms with van der Waals surface area (Å²) in [4.78, 5) is 29.3. The Bertz CT molecular complexity index is 824. The topological polar surface area (TPSA) is 97.6 Å². The Hall–Kier alpha value is -2.71. The van der Waals surface area contributed by atoms with Crippen molar-refractivity contribution in [2.24, 2.45) is 0 Å². The summed E-state index contributed by atoms with van der Waals surface area (Å²) in [5.41, 5.74) is 0.733. The van der Waals surface area contributed by atoms with Crippen LogP contribution >= 0.6 is 11.6 Å². The molecule has 1 amide bonds. The van der Waals surface area contributed by atoms with Gasteiger partial charge in [0.1, 0.15) is 5.82 Å². The van der Waals surface area contributed by atoms with E-state index in [0.29, 0.717) is 13.2 Å². The van der Waals surface area contributed by atoms with Crippen molar-refractivity contribution in [1.29, 1.82) is 0 Å². The fourth-order valence-electron chi connectivity index (χ4n) is 2.70. The predicted octanol–water partition coefficient (Wildman–Crippen LogP) is 2.41. The first-order valence-electron chi connectivity index (χ1n) is 8.05. The van der Waals surface area contributed by atoms with Crippen LogP contribution in [0.25, 0.3) is 0 Å². The van der Waals surface area contributed by atoms with Crippen LogP contribution in [-0.2, 0) is 11.3 Å². The Morgan fingerprint density at radius 1 is 1.35 bits per heavy atom. The molecule has 3 rings (SSSR count). The van der Waals surface area contributed by atoms with Gasteiger partial charge in [0, 0.05) is 43.5 Å². The summed E-state index contributed by atoms with van der Waals surface area (Å²) in [5, 5.41) is 13.8. The molecule has 8 nitrogen and oxygen atoms in total. The van der Waals surface area contributed by atoms with E-state index in [1.807, 2.05) is 6.07 Å². The lowest BCUT2D eigenvalue weighted by molar-refractivity contribution is -0.384. The number of nitrogens with one attached hydrogen (secondary N) is 1. The van der Waals surface area contributed by atoms with Crippen molar-refractivity contribution >= 4 is 29.0 Å². The van der Waals surface area contributed by atoms with Crippen LogP contribution in [0.15, 0.2) is 36.5 Å². The lowest BCUT2D eigenvalue weighted by Gasteiger charge is -2.29. The average Bonchev–Trinajstić information content (AvgIpc) is 2.67. The van der Waals surface area contributed by atoms with Gasteiger partial charge in [-0.15, -0.1) is 0 Å². The molecule has 0 spiro atoms. The minimum absolute atomic E-state index is 0.0673. The van der Waals surface area contributed by atoms with E-state index in [1.54, 1.807) is 12.3 Å². The molecule has 136 valence electrons. The van der Waals surface area contributed by atoms with E-state index < -0.39 is 10.8 Å². The van der Waals surface area contributed by atoms with Gasteiger partial charge in [-0.2, -0.15) is 0 Å². The van der Waals surface area contributed by atoms with E-state index in [1.165, 1.54) is 18.2 Å². The Morgan fingerprint density at radius 3 is 2.85 bits per heavy atom. The largest absolute Gasteiger partial charge is 0.378 e. The van der Waals surface area contributed by atoms with Crippen LogP contribution in [0.1, 0.15) is 15.9 Å². The fourth-order valence-corrected chi connectivity index (χ4v) is 2.90. The number of non-ortho nitro benzene ring substituents is 1. The third kappa shape index (κ3) is 4.09. The molecule has 0 bridgehead atoms. The summed E-state index contributed by atoms with van der Waals surface area (Å²) < 4.78 is 5.35. The van der Waals surface area contributed by atoms with Crippen molar-refractivity contribution in [2.45, 2.75) is 6.54 Å². The molecule has 1 aromatic heterocycles. The zero-order chi connectivity index (χ0) is 18.5. The first-order chi connectivity index (χ1) is 12.6. The molecule has 1 aliphatic rings. The molecule has 2 heterocycles. The molecule has 0 aliphatic carbocycles. The molecule has 1 fully saturated rings. The number of aromatic nitrogens is 1. The Labute approximate surface area is 154 Å². The molecule has 0 saturated carbocycles. The number of pyridine rings is 1. The zero-order valence-electron chi connectivity index (χ0n) is 13.9. The molecule has 1 N–H and O–H groups in total. The normalized spacial score (nSPS) is 14.1. The van der Waals surface area contributed by atoms with Crippen LogP contribution in [0.4, 0.5) is 11.5 Å². The van der Waals surface area contributed by atoms with Crippen LogP contribution in [0, 0.1) is 10.1 Å². The standard InChI is InChI=1S/C17H17ClN4O4/c18-15-4-3-13(22(24)25)10-14(15)17(23)20-11-12-2-1-5-19-16(12)21-6-8-26-9-7-21/h1-5,10H,6-9,11H2,(H,20,23). The van der Waals surface area contributed by atoms with Gasteiger partial charge in [-0.3, -0.25) is 14.9 Å². The van der Waals surface area contributed by atoms with E-state index in [0.717, 1.165) is 24.5 Å². The summed E-state index contributed by atoms with van der Waals surface area (Å²) in [6, 6.07) is 7.46. The maximum Gasteiger partial charge on any atom is 0.270 e. The Morgan fingerprint density at radius 2 is 2.12 bits per heavy atom. The van der Waals surface area contributed by atoms with E-state index in [4.69, 9.17) is 16.3 Å². The SMILES string of the molecule is O=C(NCc1cccnc1N1CCOCC1)c1cc([N+](=O)[O-])ccc1Cl. The number of anilines is 1. The quantitative estimate of drug-likeness (QED) is 0.635. The monoisotopic (exact) mass is 376 g/mol. The lowest BCUT2D eigenvalue weighted by Crippen LogP contribution is -2.37. The molecular formula is C17H17ClN4O4. The van der Waals surface area contributed by atoms with Crippen LogP contribution in [0.3, 0.4) is 0 Å². The molecule has 1 saturated heterocycles. The second-order valence-corrected chi connectivity index (χ2v) is 6.10. The molecule has 0 unspecified atom stereocenters. The first-order valence-corrected chi connectivity index (χ1v) is 8.43. The van der Waals surface area contributed by atoms with E-state index in [-0.39, 0.29) is 22.8 Å². The molecule has 0 radical (unpaired) electrons. The minimum Gasteiger partial charge on any atom is -0.378 e. The number of hydrogen-bond acceptors (Lipinski definition) is 6. The van der Waals surface area contributed by atoms with Gasteiger partial charge in [-0.1, -0.05) is 17.7 Å². The molecule has 9 heteroatoms. The highest BCUT2D eigenvalue weighted by atomic mass is 35.5. The second kappa shape index (κ2) is 8.11. The number of benzene rings is 1. The highest BCUT2D eigenvalue weighted by Crippen LogP contribution is 2.23. The van der Waals surface area contributed by atoms with Gasteiger partial charge in [-0.25, -0.2) is 4.98 Å². The Kier molecular flexibility index (Phi) is 5.65. The summed E-state index contributed by atoms with van der Waals surface area (Å²) in [5.74, 6) is 0.316. The molecule has 0 atom stereocenters. The van der Waals surface area contributed by atoms with Crippen molar-refractivity contribution in [1.82, 2.24) is 10.3 Å². The number of morpholine rings is 1. The smallest absolute Gasteiger partial charge is 0.270 e. The fraction of sp³-hybridized carbons (Fsp3) is 0.294. The molecule has 26 heavy (non-hydrogen) atoms. The van der Waals surface area contributed by atoms with Crippen molar-refractivity contribution in [2.75, 3.05) is 31.2 Å². The highest BCUT2D eigenvalue weighted by molar-refractivity contribution is 6.33. The van der Waals surface area contributed by atoms with Gasteiger partial charge < -0.3 is 15.0 Å². The molecule has 1 aliphatic heterocycles. The van der Waals surface area contributed by atoms with Crippen molar-refractivity contribution in [3.8, 4) is 0 Å². The number of halogens is 1. The van der Waals surface area contributed by atoms with Gasteiger partial charge >= 0.3 is 0 Å². The van der Waals surface area contributed by atoms with Gasteiger partial charge in [0.05, 0.1) is 28.7 Å². The lowest BCUT2D eigenvalue weighted by atomic mass is 10.1. The third-order valence-corrected chi connectivity index (χ3v) is 4.35. The van der Waals surface area contributed by atoms with Crippen molar-refractivity contribution < 1.29 is 14.5 Å². The van der Waals surface area contributed by atoms with Gasteiger partial charge in [0.25, 0.3) is 11.6 Å². The van der Waals surface area contributed by atoms with Crippen LogP contribution in [0.2, 0.25) is 5.02 Å². The van der Waals surface area contributed by atoms with Gasteiger partial charge in [0.2, 0.25) is 0 Å². The van der Waals surface area contributed by atoms with Crippen LogP contribution in [0.5, 0.6) is 0 Å². The average molecular weight is 377 g/mol. The van der Waals surface area contributed by atoms with Crippen molar-refractivity contribution in [3.63, 3.8) is 0 Å².